The van der Waals surface area contributed by atoms with Gasteiger partial charge in [0.15, 0.2) is 0 Å². The van der Waals surface area contributed by atoms with Crippen LogP contribution in [0.5, 0.6) is 5.75 Å². The van der Waals surface area contributed by atoms with E-state index in [1.807, 2.05) is 38.1 Å². The van der Waals surface area contributed by atoms with E-state index in [0.29, 0.717) is 10.7 Å². The summed E-state index contributed by atoms with van der Waals surface area (Å²) in [5, 5.41) is 7.12. The molecule has 2 N–H and O–H groups in total. The minimum atomic E-state index is -0.345. The molecule has 0 unspecified atom stereocenters. The van der Waals surface area contributed by atoms with Crippen molar-refractivity contribution in [1.29, 1.82) is 0 Å². The standard InChI is InChI=1S/C20H22ClN3O3/c1-14(2)27-18-8-3-5-15(11-18)13-22-24-20(26)10-9-19(25)23-17-7-4-6-16(21)12-17/h3-8,11-14H,9-10H2,1-2H3,(H,23,25)(H,24,26). The minimum absolute atomic E-state index is 0.0280. The molecule has 6 nitrogen and oxygen atoms in total. The number of nitrogens with zero attached hydrogens (tertiary/aromatic N) is 1. The summed E-state index contributed by atoms with van der Waals surface area (Å²) in [5.74, 6) is 0.120. The molecule has 7 heteroatoms. The Morgan fingerprint density at radius 1 is 1.11 bits per heavy atom. The van der Waals surface area contributed by atoms with Crippen molar-refractivity contribution in [3.63, 3.8) is 0 Å². The Labute approximate surface area is 163 Å². The zero-order chi connectivity index (χ0) is 19.6. The number of nitrogens with one attached hydrogen (secondary N) is 2. The lowest BCUT2D eigenvalue weighted by Gasteiger charge is -2.09. The van der Waals surface area contributed by atoms with Gasteiger partial charge < -0.3 is 10.1 Å². The van der Waals surface area contributed by atoms with Crippen LogP contribution in [0.2, 0.25) is 5.02 Å². The summed E-state index contributed by atoms with van der Waals surface area (Å²) in [7, 11) is 0. The second kappa shape index (κ2) is 10.3. The summed E-state index contributed by atoms with van der Waals surface area (Å²) in [6, 6.07) is 14.2. The lowest BCUT2D eigenvalue weighted by molar-refractivity contribution is -0.124. The first-order valence-electron chi connectivity index (χ1n) is 8.56. The van der Waals surface area contributed by atoms with Gasteiger partial charge in [-0.3, -0.25) is 9.59 Å². The molecule has 142 valence electrons. The highest BCUT2D eigenvalue weighted by molar-refractivity contribution is 6.30. The summed E-state index contributed by atoms with van der Waals surface area (Å²) in [6.07, 6.45) is 1.68. The number of hydrazone groups is 1. The van der Waals surface area contributed by atoms with Gasteiger partial charge in [-0.15, -0.1) is 0 Å². The van der Waals surface area contributed by atoms with E-state index in [9.17, 15) is 9.59 Å². The van der Waals surface area contributed by atoms with Crippen molar-refractivity contribution in [2.75, 3.05) is 5.32 Å². The van der Waals surface area contributed by atoms with Gasteiger partial charge in [-0.05, 0) is 49.7 Å². The molecular formula is C20H22ClN3O3. The van der Waals surface area contributed by atoms with Gasteiger partial charge in [0.25, 0.3) is 0 Å². The molecule has 2 amide bonds. The molecule has 0 atom stereocenters. The highest BCUT2D eigenvalue weighted by Gasteiger charge is 2.07. The van der Waals surface area contributed by atoms with Crippen molar-refractivity contribution in [3.05, 3.63) is 59.1 Å². The predicted molar refractivity (Wildman–Crippen MR) is 107 cm³/mol. The van der Waals surface area contributed by atoms with Crippen molar-refractivity contribution < 1.29 is 14.3 Å². The quantitative estimate of drug-likeness (QED) is 0.530. The summed E-state index contributed by atoms with van der Waals surface area (Å²) >= 11 is 5.86. The second-order valence-corrected chi connectivity index (χ2v) is 6.53. The molecule has 0 aliphatic carbocycles. The molecule has 2 aromatic carbocycles. The van der Waals surface area contributed by atoms with Gasteiger partial charge in [0, 0.05) is 23.6 Å². The molecule has 0 aliphatic heterocycles. The maximum Gasteiger partial charge on any atom is 0.240 e. The van der Waals surface area contributed by atoms with Crippen molar-refractivity contribution in [2.45, 2.75) is 32.8 Å². The van der Waals surface area contributed by atoms with Crippen molar-refractivity contribution in [1.82, 2.24) is 5.43 Å². The summed E-state index contributed by atoms with van der Waals surface area (Å²) in [5.41, 5.74) is 3.80. The van der Waals surface area contributed by atoms with Crippen LogP contribution in [0.25, 0.3) is 0 Å². The number of carbonyl (C=O) groups excluding carboxylic acids is 2. The van der Waals surface area contributed by atoms with Gasteiger partial charge in [-0.1, -0.05) is 29.8 Å². The van der Waals surface area contributed by atoms with Crippen LogP contribution in [-0.2, 0) is 9.59 Å². The van der Waals surface area contributed by atoms with Gasteiger partial charge in [0.05, 0.1) is 12.3 Å². The number of hydrogen-bond acceptors (Lipinski definition) is 4. The first kappa shape index (κ1) is 20.5. The van der Waals surface area contributed by atoms with E-state index in [4.69, 9.17) is 16.3 Å². The number of rotatable bonds is 8. The zero-order valence-corrected chi connectivity index (χ0v) is 16.0. The van der Waals surface area contributed by atoms with E-state index in [2.05, 4.69) is 15.8 Å². The molecule has 0 fully saturated rings. The fraction of sp³-hybridized carbons (Fsp3) is 0.250. The minimum Gasteiger partial charge on any atom is -0.491 e. The maximum absolute atomic E-state index is 11.9. The van der Waals surface area contributed by atoms with Crippen molar-refractivity contribution in [2.24, 2.45) is 5.10 Å². The predicted octanol–water partition coefficient (Wildman–Crippen LogP) is 4.00. The molecule has 27 heavy (non-hydrogen) atoms. The smallest absolute Gasteiger partial charge is 0.240 e. The van der Waals surface area contributed by atoms with Gasteiger partial charge in [0.1, 0.15) is 5.75 Å². The number of amides is 2. The molecule has 2 aromatic rings. The average Bonchev–Trinajstić information content (AvgIpc) is 2.60. The SMILES string of the molecule is CC(C)Oc1cccc(C=NNC(=O)CCC(=O)Nc2cccc(Cl)c2)c1. The highest BCUT2D eigenvalue weighted by atomic mass is 35.5. The van der Waals surface area contributed by atoms with Crippen LogP contribution < -0.4 is 15.5 Å². The third kappa shape index (κ3) is 7.92. The van der Waals surface area contributed by atoms with E-state index < -0.39 is 0 Å². The van der Waals surface area contributed by atoms with Crippen LogP contribution in [0.4, 0.5) is 5.69 Å². The third-order valence-corrected chi connectivity index (χ3v) is 3.56. The van der Waals surface area contributed by atoms with E-state index in [1.54, 1.807) is 24.3 Å². The Morgan fingerprint density at radius 3 is 2.59 bits per heavy atom. The first-order chi connectivity index (χ1) is 12.9. The van der Waals surface area contributed by atoms with E-state index in [1.165, 1.54) is 6.21 Å². The van der Waals surface area contributed by atoms with Crippen molar-refractivity contribution >= 4 is 35.3 Å². The lowest BCUT2D eigenvalue weighted by atomic mass is 10.2. The number of halogens is 1. The fourth-order valence-electron chi connectivity index (χ4n) is 2.19. The van der Waals surface area contributed by atoms with Gasteiger partial charge in [0.2, 0.25) is 11.8 Å². The molecular weight excluding hydrogens is 366 g/mol. The van der Waals surface area contributed by atoms with E-state index >= 15 is 0 Å². The van der Waals surface area contributed by atoms with Crippen LogP contribution in [-0.4, -0.2) is 24.1 Å². The van der Waals surface area contributed by atoms with Crippen LogP contribution in [0, 0.1) is 0 Å². The monoisotopic (exact) mass is 387 g/mol. The molecule has 0 spiro atoms. The Kier molecular flexibility index (Phi) is 7.82. The molecule has 0 radical (unpaired) electrons. The Morgan fingerprint density at radius 2 is 1.85 bits per heavy atom. The fourth-order valence-corrected chi connectivity index (χ4v) is 2.38. The topological polar surface area (TPSA) is 79.8 Å². The summed E-state index contributed by atoms with van der Waals surface area (Å²) in [4.78, 5) is 23.7. The lowest BCUT2D eigenvalue weighted by Crippen LogP contribution is -2.20. The number of hydrogen-bond donors (Lipinski definition) is 2. The zero-order valence-electron chi connectivity index (χ0n) is 15.2. The first-order valence-corrected chi connectivity index (χ1v) is 8.94. The van der Waals surface area contributed by atoms with Gasteiger partial charge >= 0.3 is 0 Å². The average molecular weight is 388 g/mol. The Hall–Kier alpha value is -2.86. The normalized spacial score (nSPS) is 10.8. The van der Waals surface area contributed by atoms with Crippen molar-refractivity contribution in [3.8, 4) is 5.75 Å². The summed E-state index contributed by atoms with van der Waals surface area (Å²) in [6.45, 7) is 3.90. The highest BCUT2D eigenvalue weighted by Crippen LogP contribution is 2.15. The molecule has 0 saturated heterocycles. The van der Waals surface area contributed by atoms with Crippen LogP contribution in [0.3, 0.4) is 0 Å². The number of anilines is 1. The number of benzene rings is 2. The maximum atomic E-state index is 11.9. The largest absolute Gasteiger partial charge is 0.491 e. The number of carbonyl (C=O) groups is 2. The van der Waals surface area contributed by atoms with Crippen LogP contribution >= 0.6 is 11.6 Å². The molecule has 0 aliphatic rings. The Bertz CT molecular complexity index is 822. The van der Waals surface area contributed by atoms with Crippen LogP contribution in [0.15, 0.2) is 53.6 Å². The second-order valence-electron chi connectivity index (χ2n) is 6.09. The molecule has 0 aromatic heterocycles. The van der Waals surface area contributed by atoms with E-state index in [0.717, 1.165) is 11.3 Å². The Balaban J connectivity index is 1.75. The third-order valence-electron chi connectivity index (χ3n) is 3.32. The molecule has 2 rings (SSSR count). The van der Waals surface area contributed by atoms with Crippen LogP contribution in [0.1, 0.15) is 32.3 Å². The molecule has 0 heterocycles. The summed E-state index contributed by atoms with van der Waals surface area (Å²) < 4.78 is 5.60. The molecule has 0 saturated carbocycles. The van der Waals surface area contributed by atoms with E-state index in [-0.39, 0.29) is 30.8 Å². The van der Waals surface area contributed by atoms with Gasteiger partial charge in [-0.25, -0.2) is 5.43 Å². The van der Waals surface area contributed by atoms with Gasteiger partial charge in [-0.2, -0.15) is 5.10 Å². The molecule has 0 bridgehead atoms. The number of ether oxygens (including phenoxy) is 1.